The smallest absolute Gasteiger partial charge is 0.154 e. The van der Waals surface area contributed by atoms with Crippen LogP contribution in [0.3, 0.4) is 0 Å². The number of ether oxygens (including phenoxy) is 1. The Bertz CT molecular complexity index is 535. The maximum atomic E-state index is 13.9. The van der Waals surface area contributed by atoms with Crippen molar-refractivity contribution in [2.75, 3.05) is 6.61 Å². The summed E-state index contributed by atoms with van der Waals surface area (Å²) in [4.78, 5) is 12.1. The zero-order valence-corrected chi connectivity index (χ0v) is 11.7. The van der Waals surface area contributed by atoms with Gasteiger partial charge >= 0.3 is 0 Å². The van der Waals surface area contributed by atoms with Crippen LogP contribution in [0.5, 0.6) is 0 Å². The first-order chi connectivity index (χ1) is 9.63. The molecule has 1 aromatic rings. The fourth-order valence-electron chi connectivity index (χ4n) is 2.38. The second-order valence-corrected chi connectivity index (χ2v) is 5.25. The molecule has 0 bridgehead atoms. The Labute approximate surface area is 122 Å². The third-order valence-corrected chi connectivity index (χ3v) is 3.77. The van der Waals surface area contributed by atoms with Crippen molar-refractivity contribution in [3.8, 4) is 6.07 Å². The van der Waals surface area contributed by atoms with Crippen molar-refractivity contribution in [3.05, 3.63) is 34.6 Å². The van der Waals surface area contributed by atoms with E-state index in [1.807, 2.05) is 6.07 Å². The van der Waals surface area contributed by atoms with Crippen molar-refractivity contribution in [2.45, 2.75) is 37.7 Å². The lowest BCUT2D eigenvalue weighted by atomic mass is 9.92. The Morgan fingerprint density at radius 1 is 1.60 bits per heavy atom. The predicted octanol–water partition coefficient (Wildman–Crippen LogP) is 3.61. The fraction of sp³-hybridized carbons (Fsp3) is 0.467. The molecular weight excluding hydrogens is 281 g/mol. The quantitative estimate of drug-likeness (QED) is 0.833. The Kier molecular flexibility index (Phi) is 5.11. The average Bonchev–Trinajstić information content (AvgIpc) is 2.95. The number of Topliss-reactive ketones (excluding diaryl/α,β-unsaturated/α-hetero) is 1. The summed E-state index contributed by atoms with van der Waals surface area (Å²) in [6.45, 7) is 0.726. The molecule has 2 atom stereocenters. The normalized spacial score (nSPS) is 19.6. The van der Waals surface area contributed by atoms with Crippen LogP contribution in [0.4, 0.5) is 4.39 Å². The van der Waals surface area contributed by atoms with Gasteiger partial charge in [-0.05, 0) is 25.3 Å². The molecule has 0 N–H and O–H groups in total. The molecule has 1 aliphatic rings. The lowest BCUT2D eigenvalue weighted by Gasteiger charge is -2.12. The van der Waals surface area contributed by atoms with Gasteiger partial charge in [-0.2, -0.15) is 5.26 Å². The standard InChI is InChI=1S/C15H15ClFNO2/c16-13-5-1-4-11(15(13)17)12(9-18)14(19)7-6-10-3-2-8-20-10/h1,4-5,10,12H,2-3,6-8H2. The number of halogens is 2. The summed E-state index contributed by atoms with van der Waals surface area (Å²) in [7, 11) is 0. The molecule has 1 aromatic carbocycles. The van der Waals surface area contributed by atoms with Crippen LogP contribution >= 0.6 is 11.6 Å². The summed E-state index contributed by atoms with van der Waals surface area (Å²) < 4.78 is 19.3. The maximum absolute atomic E-state index is 13.9. The van der Waals surface area contributed by atoms with E-state index < -0.39 is 11.7 Å². The highest BCUT2D eigenvalue weighted by atomic mass is 35.5. The Balaban J connectivity index is 2.05. The monoisotopic (exact) mass is 295 g/mol. The predicted molar refractivity (Wildman–Crippen MR) is 73.0 cm³/mol. The zero-order chi connectivity index (χ0) is 14.5. The number of nitrogens with zero attached hydrogens (tertiary/aromatic N) is 1. The van der Waals surface area contributed by atoms with E-state index in [0.717, 1.165) is 19.4 Å². The Hall–Kier alpha value is -1.44. The van der Waals surface area contributed by atoms with Gasteiger partial charge in [0.05, 0.1) is 17.2 Å². The number of ketones is 1. The Morgan fingerprint density at radius 3 is 3.05 bits per heavy atom. The minimum absolute atomic E-state index is 0.0531. The first-order valence-corrected chi connectivity index (χ1v) is 6.99. The van der Waals surface area contributed by atoms with Gasteiger partial charge in [0.25, 0.3) is 0 Å². The number of carbonyl (C=O) groups excluding carboxylic acids is 1. The summed E-state index contributed by atoms with van der Waals surface area (Å²) in [5.41, 5.74) is 0.0531. The number of carbonyl (C=O) groups is 1. The number of rotatable bonds is 5. The summed E-state index contributed by atoms with van der Waals surface area (Å²) in [5, 5.41) is 9.07. The molecule has 1 fully saturated rings. The first kappa shape index (κ1) is 15.0. The van der Waals surface area contributed by atoms with Gasteiger partial charge in [-0.3, -0.25) is 4.79 Å². The maximum Gasteiger partial charge on any atom is 0.154 e. The van der Waals surface area contributed by atoms with Crippen LogP contribution in [0.15, 0.2) is 18.2 Å². The first-order valence-electron chi connectivity index (χ1n) is 6.61. The molecule has 0 radical (unpaired) electrons. The highest BCUT2D eigenvalue weighted by Gasteiger charge is 2.25. The molecule has 0 saturated carbocycles. The third kappa shape index (κ3) is 3.36. The summed E-state index contributed by atoms with van der Waals surface area (Å²) >= 11 is 5.68. The lowest BCUT2D eigenvalue weighted by Crippen LogP contribution is -2.15. The largest absolute Gasteiger partial charge is 0.378 e. The van der Waals surface area contributed by atoms with Crippen molar-refractivity contribution in [1.29, 1.82) is 5.26 Å². The van der Waals surface area contributed by atoms with E-state index in [-0.39, 0.29) is 28.9 Å². The van der Waals surface area contributed by atoms with Crippen molar-refractivity contribution in [2.24, 2.45) is 0 Å². The van der Waals surface area contributed by atoms with Gasteiger partial charge in [0.2, 0.25) is 0 Å². The van der Waals surface area contributed by atoms with Crippen molar-refractivity contribution < 1.29 is 13.9 Å². The molecule has 1 aliphatic heterocycles. The number of hydrogen-bond acceptors (Lipinski definition) is 3. The Morgan fingerprint density at radius 2 is 2.40 bits per heavy atom. The van der Waals surface area contributed by atoms with Gasteiger partial charge in [-0.25, -0.2) is 4.39 Å². The van der Waals surface area contributed by atoms with Crippen molar-refractivity contribution >= 4 is 17.4 Å². The van der Waals surface area contributed by atoms with Crippen LogP contribution in [0, 0.1) is 17.1 Å². The molecule has 2 rings (SSSR count). The molecule has 0 aliphatic carbocycles. The van der Waals surface area contributed by atoms with E-state index in [1.54, 1.807) is 6.07 Å². The topological polar surface area (TPSA) is 50.1 Å². The van der Waals surface area contributed by atoms with E-state index in [0.29, 0.717) is 6.42 Å². The molecular formula is C15H15ClFNO2. The van der Waals surface area contributed by atoms with Crippen LogP contribution in [0.2, 0.25) is 5.02 Å². The van der Waals surface area contributed by atoms with Crippen LogP contribution in [0.1, 0.15) is 37.2 Å². The fourth-order valence-corrected chi connectivity index (χ4v) is 2.56. The SMILES string of the molecule is N#CC(C(=O)CCC1CCCO1)c1cccc(Cl)c1F. The van der Waals surface area contributed by atoms with E-state index >= 15 is 0 Å². The minimum atomic E-state index is -1.10. The van der Waals surface area contributed by atoms with Gasteiger partial charge in [-0.15, -0.1) is 0 Å². The van der Waals surface area contributed by atoms with Gasteiger partial charge in [0.15, 0.2) is 5.78 Å². The summed E-state index contributed by atoms with van der Waals surface area (Å²) in [6, 6.07) is 6.24. The minimum Gasteiger partial charge on any atom is -0.378 e. The van der Waals surface area contributed by atoms with Gasteiger partial charge in [0.1, 0.15) is 11.7 Å². The van der Waals surface area contributed by atoms with E-state index in [4.69, 9.17) is 21.6 Å². The number of benzene rings is 1. The third-order valence-electron chi connectivity index (χ3n) is 3.48. The molecule has 1 saturated heterocycles. The molecule has 2 unspecified atom stereocenters. The molecule has 20 heavy (non-hydrogen) atoms. The summed E-state index contributed by atoms with van der Waals surface area (Å²) in [5.74, 6) is -2.08. The van der Waals surface area contributed by atoms with E-state index in [2.05, 4.69) is 0 Å². The molecule has 1 heterocycles. The molecule has 0 amide bonds. The highest BCUT2D eigenvalue weighted by Crippen LogP contribution is 2.27. The van der Waals surface area contributed by atoms with Crippen LogP contribution in [-0.4, -0.2) is 18.5 Å². The average molecular weight is 296 g/mol. The van der Waals surface area contributed by atoms with Crippen LogP contribution in [-0.2, 0) is 9.53 Å². The van der Waals surface area contributed by atoms with E-state index in [1.165, 1.54) is 12.1 Å². The second kappa shape index (κ2) is 6.83. The number of nitriles is 1. The van der Waals surface area contributed by atoms with Crippen molar-refractivity contribution in [3.63, 3.8) is 0 Å². The molecule has 0 aromatic heterocycles. The van der Waals surface area contributed by atoms with E-state index in [9.17, 15) is 9.18 Å². The van der Waals surface area contributed by atoms with Gasteiger partial charge < -0.3 is 4.74 Å². The second-order valence-electron chi connectivity index (χ2n) is 4.85. The molecule has 3 nitrogen and oxygen atoms in total. The molecule has 0 spiro atoms. The van der Waals surface area contributed by atoms with Crippen molar-refractivity contribution in [1.82, 2.24) is 0 Å². The molecule has 5 heteroatoms. The lowest BCUT2D eigenvalue weighted by molar-refractivity contribution is -0.120. The van der Waals surface area contributed by atoms with Crippen LogP contribution in [0.25, 0.3) is 0 Å². The molecule has 106 valence electrons. The zero-order valence-electron chi connectivity index (χ0n) is 10.9. The number of hydrogen-bond donors (Lipinski definition) is 0. The summed E-state index contributed by atoms with van der Waals surface area (Å²) in [6.07, 6.45) is 2.83. The highest BCUT2D eigenvalue weighted by molar-refractivity contribution is 6.30. The van der Waals surface area contributed by atoms with Crippen LogP contribution < -0.4 is 0 Å². The van der Waals surface area contributed by atoms with Gasteiger partial charge in [-0.1, -0.05) is 23.7 Å². The van der Waals surface area contributed by atoms with Gasteiger partial charge in [0, 0.05) is 18.6 Å².